The van der Waals surface area contributed by atoms with Gasteiger partial charge in [-0.3, -0.25) is 19.2 Å². The molecule has 2 amide bonds. The number of amides is 2. The van der Waals surface area contributed by atoms with E-state index in [1.54, 1.807) is 12.1 Å². The lowest BCUT2D eigenvalue weighted by Crippen LogP contribution is -2.37. The largest absolute Gasteiger partial charge is 0.456 e. The van der Waals surface area contributed by atoms with Gasteiger partial charge in [-0.05, 0) is 55.3 Å². The molecular weight excluding hydrogens is 403 g/mol. The summed E-state index contributed by atoms with van der Waals surface area (Å²) in [5.74, 6) is -2.57. The van der Waals surface area contributed by atoms with Crippen molar-refractivity contribution in [3.8, 4) is 0 Å². The number of rotatable bonds is 10. The maximum absolute atomic E-state index is 13.2. The molecule has 0 bridgehead atoms. The number of halogens is 1. The fourth-order valence-corrected chi connectivity index (χ4v) is 2.81. The number of ketones is 1. The number of Topliss-reactive ketones (excluding diaryl/α,β-unsaturated/α-hetero) is 1. The lowest BCUT2D eigenvalue weighted by atomic mass is 10.0. The highest BCUT2D eigenvalue weighted by molar-refractivity contribution is 5.98. The summed E-state index contributed by atoms with van der Waals surface area (Å²) in [5, 5.41) is 0. The van der Waals surface area contributed by atoms with Crippen LogP contribution in [0.25, 0.3) is 0 Å². The van der Waals surface area contributed by atoms with E-state index in [1.807, 2.05) is 19.9 Å². The second kappa shape index (κ2) is 11.0. The van der Waals surface area contributed by atoms with Crippen LogP contribution in [-0.4, -0.2) is 36.7 Å². The first-order valence-electron chi connectivity index (χ1n) is 9.77. The number of ether oxygens (including phenoxy) is 1. The van der Waals surface area contributed by atoms with Gasteiger partial charge in [-0.25, -0.2) is 4.39 Å². The SMILES string of the molecule is Cc1ccc(C(=O)CCC(=O)OCC(=O)N(CCC(N)=O)c2ccc(F)cc2)cc1C. The Balaban J connectivity index is 1.90. The smallest absolute Gasteiger partial charge is 0.306 e. The highest BCUT2D eigenvalue weighted by Crippen LogP contribution is 2.16. The number of hydrogen-bond donors (Lipinski definition) is 1. The van der Waals surface area contributed by atoms with Crippen LogP contribution < -0.4 is 10.6 Å². The van der Waals surface area contributed by atoms with E-state index in [-0.39, 0.29) is 31.6 Å². The van der Waals surface area contributed by atoms with Crippen LogP contribution in [0, 0.1) is 19.7 Å². The van der Waals surface area contributed by atoms with E-state index in [1.165, 1.54) is 29.2 Å². The third-order valence-corrected chi connectivity index (χ3v) is 4.76. The van der Waals surface area contributed by atoms with E-state index in [9.17, 15) is 23.6 Å². The summed E-state index contributed by atoms with van der Waals surface area (Å²) in [6.07, 6.45) is -0.322. The van der Waals surface area contributed by atoms with Gasteiger partial charge in [0.2, 0.25) is 5.91 Å². The molecule has 0 aliphatic rings. The Morgan fingerprint density at radius 1 is 0.935 bits per heavy atom. The van der Waals surface area contributed by atoms with Gasteiger partial charge >= 0.3 is 5.97 Å². The Kier molecular flexibility index (Phi) is 8.43. The molecule has 2 N–H and O–H groups in total. The lowest BCUT2D eigenvalue weighted by Gasteiger charge is -2.22. The van der Waals surface area contributed by atoms with Crippen LogP contribution in [0.4, 0.5) is 10.1 Å². The van der Waals surface area contributed by atoms with Gasteiger partial charge in [0.25, 0.3) is 5.91 Å². The zero-order valence-corrected chi connectivity index (χ0v) is 17.5. The number of benzene rings is 2. The normalized spacial score (nSPS) is 10.4. The monoisotopic (exact) mass is 428 g/mol. The minimum atomic E-state index is -0.695. The van der Waals surface area contributed by atoms with Gasteiger partial charge < -0.3 is 15.4 Å². The highest BCUT2D eigenvalue weighted by Gasteiger charge is 2.19. The standard InChI is InChI=1S/C23H25FN2O5/c1-15-3-4-17(13-16(15)2)20(27)9-10-23(30)31-14-22(29)26(12-11-21(25)28)19-7-5-18(24)6-8-19/h3-8,13H,9-12,14H2,1-2H3,(H2,25,28). The van der Waals surface area contributed by atoms with Crippen LogP contribution in [0.5, 0.6) is 0 Å². The molecule has 7 nitrogen and oxygen atoms in total. The number of nitrogens with zero attached hydrogens (tertiary/aromatic N) is 1. The average molecular weight is 428 g/mol. The first kappa shape index (κ1) is 23.7. The number of hydrogen-bond acceptors (Lipinski definition) is 5. The number of carbonyl (C=O) groups excluding carboxylic acids is 4. The fourth-order valence-electron chi connectivity index (χ4n) is 2.81. The van der Waals surface area contributed by atoms with E-state index in [0.717, 1.165) is 11.1 Å². The Morgan fingerprint density at radius 3 is 2.23 bits per heavy atom. The van der Waals surface area contributed by atoms with Crippen molar-refractivity contribution in [1.29, 1.82) is 0 Å². The summed E-state index contributed by atoms with van der Waals surface area (Å²) >= 11 is 0. The molecule has 164 valence electrons. The molecule has 0 aromatic heterocycles. The van der Waals surface area contributed by atoms with Crippen molar-refractivity contribution in [2.75, 3.05) is 18.1 Å². The minimum absolute atomic E-state index is 0.0391. The summed E-state index contributed by atoms with van der Waals surface area (Å²) in [7, 11) is 0. The summed E-state index contributed by atoms with van der Waals surface area (Å²) in [6.45, 7) is 3.23. The van der Waals surface area contributed by atoms with Gasteiger partial charge in [-0.1, -0.05) is 12.1 Å². The van der Waals surface area contributed by atoms with Crippen molar-refractivity contribution in [1.82, 2.24) is 0 Å². The zero-order chi connectivity index (χ0) is 23.0. The van der Waals surface area contributed by atoms with Crippen LogP contribution in [0.1, 0.15) is 40.7 Å². The zero-order valence-electron chi connectivity index (χ0n) is 17.5. The topological polar surface area (TPSA) is 107 Å². The quantitative estimate of drug-likeness (QED) is 0.463. The average Bonchev–Trinajstić information content (AvgIpc) is 2.73. The van der Waals surface area contributed by atoms with Gasteiger partial charge in [0.15, 0.2) is 12.4 Å². The highest BCUT2D eigenvalue weighted by atomic mass is 19.1. The van der Waals surface area contributed by atoms with E-state index in [2.05, 4.69) is 0 Å². The van der Waals surface area contributed by atoms with Gasteiger partial charge in [-0.2, -0.15) is 0 Å². The number of nitrogens with two attached hydrogens (primary N) is 1. The molecule has 0 spiro atoms. The second-order valence-corrected chi connectivity index (χ2v) is 7.12. The predicted molar refractivity (Wildman–Crippen MR) is 113 cm³/mol. The van der Waals surface area contributed by atoms with Gasteiger partial charge in [0.05, 0.1) is 6.42 Å². The maximum atomic E-state index is 13.2. The Labute approximate surface area is 180 Å². The van der Waals surface area contributed by atoms with Crippen LogP contribution in [0.3, 0.4) is 0 Å². The molecule has 0 radical (unpaired) electrons. The molecule has 0 heterocycles. The molecule has 2 aromatic carbocycles. The Hall–Kier alpha value is -3.55. The minimum Gasteiger partial charge on any atom is -0.456 e. The number of anilines is 1. The summed E-state index contributed by atoms with van der Waals surface area (Å²) in [4.78, 5) is 49.1. The van der Waals surface area contributed by atoms with E-state index in [0.29, 0.717) is 11.3 Å². The molecule has 0 aliphatic heterocycles. The van der Waals surface area contributed by atoms with E-state index < -0.39 is 30.2 Å². The van der Waals surface area contributed by atoms with Crippen LogP contribution >= 0.6 is 0 Å². The first-order chi connectivity index (χ1) is 14.7. The van der Waals surface area contributed by atoms with Crippen molar-refractivity contribution in [3.63, 3.8) is 0 Å². The predicted octanol–water partition coefficient (Wildman–Crippen LogP) is 2.86. The lowest BCUT2D eigenvalue weighted by molar-refractivity contribution is -0.147. The molecule has 0 aliphatic carbocycles. The fraction of sp³-hybridized carbons (Fsp3) is 0.304. The van der Waals surface area contributed by atoms with Gasteiger partial charge in [0.1, 0.15) is 5.82 Å². The summed E-state index contributed by atoms with van der Waals surface area (Å²) < 4.78 is 18.2. The molecule has 0 atom stereocenters. The Bertz CT molecular complexity index is 972. The molecule has 31 heavy (non-hydrogen) atoms. The number of esters is 1. The van der Waals surface area contributed by atoms with Crippen LogP contribution in [0.2, 0.25) is 0 Å². The molecule has 2 rings (SSSR count). The van der Waals surface area contributed by atoms with Crippen molar-refractivity contribution < 1.29 is 28.3 Å². The summed E-state index contributed by atoms with van der Waals surface area (Å²) in [5.41, 5.74) is 8.05. The first-order valence-corrected chi connectivity index (χ1v) is 9.77. The number of primary amides is 1. The van der Waals surface area contributed by atoms with Crippen LogP contribution in [0.15, 0.2) is 42.5 Å². The van der Waals surface area contributed by atoms with Crippen molar-refractivity contribution in [2.24, 2.45) is 5.73 Å². The third-order valence-electron chi connectivity index (χ3n) is 4.76. The van der Waals surface area contributed by atoms with Gasteiger partial charge in [0, 0.05) is 30.6 Å². The molecule has 0 fully saturated rings. The molecular formula is C23H25FN2O5. The van der Waals surface area contributed by atoms with E-state index in [4.69, 9.17) is 10.5 Å². The van der Waals surface area contributed by atoms with Crippen molar-refractivity contribution in [2.45, 2.75) is 33.1 Å². The van der Waals surface area contributed by atoms with E-state index >= 15 is 0 Å². The molecule has 2 aromatic rings. The molecule has 8 heteroatoms. The molecule has 0 unspecified atom stereocenters. The Morgan fingerprint density at radius 2 is 1.61 bits per heavy atom. The second-order valence-electron chi connectivity index (χ2n) is 7.12. The van der Waals surface area contributed by atoms with Crippen molar-refractivity contribution >= 4 is 29.3 Å². The van der Waals surface area contributed by atoms with Crippen LogP contribution in [-0.2, 0) is 19.1 Å². The van der Waals surface area contributed by atoms with Gasteiger partial charge in [-0.15, -0.1) is 0 Å². The maximum Gasteiger partial charge on any atom is 0.306 e. The molecule has 0 saturated carbocycles. The summed E-state index contributed by atoms with van der Waals surface area (Å²) in [6, 6.07) is 10.4. The molecule has 0 saturated heterocycles. The number of carbonyl (C=O) groups is 4. The van der Waals surface area contributed by atoms with Crippen molar-refractivity contribution in [3.05, 3.63) is 65.0 Å². The number of aryl methyl sites for hydroxylation is 2. The third kappa shape index (κ3) is 7.33.